The lowest BCUT2D eigenvalue weighted by molar-refractivity contribution is 0.0948. The molecule has 0 aliphatic carbocycles. The van der Waals surface area contributed by atoms with Crippen LogP contribution in [0.1, 0.15) is 22.8 Å². The van der Waals surface area contributed by atoms with E-state index in [-0.39, 0.29) is 5.91 Å². The molecule has 0 saturated heterocycles. The fraction of sp³-hybridized carbons (Fsp3) is 0.417. The van der Waals surface area contributed by atoms with Crippen LogP contribution < -0.4 is 11.1 Å². The summed E-state index contributed by atoms with van der Waals surface area (Å²) in [7, 11) is 0. The topological polar surface area (TPSA) is 55.1 Å². The average molecular weight is 206 g/mol. The Morgan fingerprint density at radius 2 is 2.27 bits per heavy atom. The first-order valence-corrected chi connectivity index (χ1v) is 5.18. The minimum atomic E-state index is -0.0287. The lowest BCUT2D eigenvalue weighted by atomic mass is 10.1. The van der Waals surface area contributed by atoms with Gasteiger partial charge < -0.3 is 11.1 Å². The highest BCUT2D eigenvalue weighted by atomic mass is 16.1. The summed E-state index contributed by atoms with van der Waals surface area (Å²) in [4.78, 5) is 11.7. The van der Waals surface area contributed by atoms with E-state index >= 15 is 0 Å². The number of benzene rings is 1. The number of rotatable bonds is 4. The van der Waals surface area contributed by atoms with Crippen LogP contribution in [0.3, 0.4) is 0 Å². The molecule has 0 fully saturated rings. The summed E-state index contributed by atoms with van der Waals surface area (Å²) in [6.07, 6.45) is 0. The van der Waals surface area contributed by atoms with Gasteiger partial charge in [0.15, 0.2) is 0 Å². The molecule has 1 aromatic rings. The third-order valence-corrected chi connectivity index (χ3v) is 2.29. The van der Waals surface area contributed by atoms with Crippen molar-refractivity contribution in [3.63, 3.8) is 0 Å². The molecular formula is C12H18N2O. The summed E-state index contributed by atoms with van der Waals surface area (Å²) in [6.45, 7) is 5.20. The SMILES string of the molecule is Cc1cccc(C(=O)NCC(C)CN)c1. The number of carbonyl (C=O) groups is 1. The Hall–Kier alpha value is -1.35. The van der Waals surface area contributed by atoms with Crippen molar-refractivity contribution in [3.8, 4) is 0 Å². The molecule has 3 nitrogen and oxygen atoms in total. The Morgan fingerprint density at radius 3 is 2.87 bits per heavy atom. The van der Waals surface area contributed by atoms with E-state index in [1.165, 1.54) is 0 Å². The Kier molecular flexibility index (Phi) is 4.31. The monoisotopic (exact) mass is 206 g/mol. The zero-order chi connectivity index (χ0) is 11.3. The highest BCUT2D eigenvalue weighted by molar-refractivity contribution is 5.94. The van der Waals surface area contributed by atoms with Gasteiger partial charge >= 0.3 is 0 Å². The van der Waals surface area contributed by atoms with Gasteiger partial charge in [0, 0.05) is 12.1 Å². The molecule has 0 aromatic heterocycles. The predicted octanol–water partition coefficient (Wildman–Crippen LogP) is 1.32. The molecule has 82 valence electrons. The van der Waals surface area contributed by atoms with Crippen molar-refractivity contribution in [3.05, 3.63) is 35.4 Å². The summed E-state index contributed by atoms with van der Waals surface area (Å²) in [5.41, 5.74) is 7.27. The number of aryl methyl sites for hydroxylation is 1. The zero-order valence-electron chi connectivity index (χ0n) is 9.29. The molecule has 0 saturated carbocycles. The second-order valence-electron chi connectivity index (χ2n) is 3.92. The first kappa shape index (κ1) is 11.7. The van der Waals surface area contributed by atoms with Crippen LogP contribution in [0.25, 0.3) is 0 Å². The van der Waals surface area contributed by atoms with Crippen LogP contribution in [-0.2, 0) is 0 Å². The number of amides is 1. The van der Waals surface area contributed by atoms with Gasteiger partial charge in [0.25, 0.3) is 5.91 Å². The van der Waals surface area contributed by atoms with E-state index in [1.54, 1.807) is 0 Å². The van der Waals surface area contributed by atoms with Gasteiger partial charge in [-0.15, -0.1) is 0 Å². The third kappa shape index (κ3) is 3.72. The molecule has 1 rings (SSSR count). The molecule has 0 spiro atoms. The molecule has 1 unspecified atom stereocenters. The number of nitrogens with two attached hydrogens (primary N) is 1. The molecule has 0 bridgehead atoms. The smallest absolute Gasteiger partial charge is 0.251 e. The van der Waals surface area contributed by atoms with E-state index in [4.69, 9.17) is 5.73 Å². The summed E-state index contributed by atoms with van der Waals surface area (Å²) < 4.78 is 0. The normalized spacial score (nSPS) is 12.2. The maximum atomic E-state index is 11.7. The van der Waals surface area contributed by atoms with Crippen LogP contribution in [0.2, 0.25) is 0 Å². The molecule has 1 aromatic carbocycles. The minimum Gasteiger partial charge on any atom is -0.352 e. The van der Waals surface area contributed by atoms with Gasteiger partial charge in [0.1, 0.15) is 0 Å². The van der Waals surface area contributed by atoms with E-state index in [2.05, 4.69) is 5.32 Å². The molecule has 0 radical (unpaired) electrons. The van der Waals surface area contributed by atoms with Crippen LogP contribution in [0, 0.1) is 12.8 Å². The number of nitrogens with one attached hydrogen (secondary N) is 1. The second-order valence-corrected chi connectivity index (χ2v) is 3.92. The zero-order valence-corrected chi connectivity index (χ0v) is 9.29. The van der Waals surface area contributed by atoms with E-state index in [1.807, 2.05) is 38.1 Å². The lowest BCUT2D eigenvalue weighted by Crippen LogP contribution is -2.31. The van der Waals surface area contributed by atoms with Crippen molar-refractivity contribution in [2.45, 2.75) is 13.8 Å². The number of carbonyl (C=O) groups excluding carboxylic acids is 1. The van der Waals surface area contributed by atoms with E-state index < -0.39 is 0 Å². The van der Waals surface area contributed by atoms with Gasteiger partial charge in [0.05, 0.1) is 0 Å². The molecule has 0 aliphatic rings. The highest BCUT2D eigenvalue weighted by Gasteiger charge is 2.06. The van der Waals surface area contributed by atoms with Gasteiger partial charge in [-0.2, -0.15) is 0 Å². The third-order valence-electron chi connectivity index (χ3n) is 2.29. The van der Waals surface area contributed by atoms with Gasteiger partial charge in [0.2, 0.25) is 0 Å². The Morgan fingerprint density at radius 1 is 1.53 bits per heavy atom. The summed E-state index contributed by atoms with van der Waals surface area (Å²) >= 11 is 0. The first-order valence-electron chi connectivity index (χ1n) is 5.18. The fourth-order valence-corrected chi connectivity index (χ4v) is 1.24. The maximum absolute atomic E-state index is 11.7. The average Bonchev–Trinajstić information content (AvgIpc) is 2.25. The molecule has 0 heterocycles. The first-order chi connectivity index (χ1) is 7.13. The van der Waals surface area contributed by atoms with Crippen molar-refractivity contribution in [1.82, 2.24) is 5.32 Å². The summed E-state index contributed by atoms with van der Waals surface area (Å²) in [5.74, 6) is 0.290. The molecule has 0 aliphatic heterocycles. The van der Waals surface area contributed by atoms with E-state index in [9.17, 15) is 4.79 Å². The quantitative estimate of drug-likeness (QED) is 0.780. The van der Waals surface area contributed by atoms with Crippen LogP contribution in [-0.4, -0.2) is 19.0 Å². The van der Waals surface area contributed by atoms with Crippen LogP contribution in [0.5, 0.6) is 0 Å². The van der Waals surface area contributed by atoms with Crippen molar-refractivity contribution in [2.24, 2.45) is 11.7 Å². The fourth-order valence-electron chi connectivity index (χ4n) is 1.24. The lowest BCUT2D eigenvalue weighted by Gasteiger charge is -2.10. The van der Waals surface area contributed by atoms with E-state index in [0.29, 0.717) is 24.6 Å². The van der Waals surface area contributed by atoms with Crippen LogP contribution >= 0.6 is 0 Å². The second kappa shape index (κ2) is 5.51. The van der Waals surface area contributed by atoms with Gasteiger partial charge in [-0.1, -0.05) is 24.6 Å². The minimum absolute atomic E-state index is 0.0287. The van der Waals surface area contributed by atoms with Crippen LogP contribution in [0.4, 0.5) is 0 Å². The predicted molar refractivity (Wildman–Crippen MR) is 61.7 cm³/mol. The molecule has 1 atom stereocenters. The van der Waals surface area contributed by atoms with Crippen molar-refractivity contribution in [1.29, 1.82) is 0 Å². The Labute approximate surface area is 90.7 Å². The largest absolute Gasteiger partial charge is 0.352 e. The molecule has 1 amide bonds. The van der Waals surface area contributed by atoms with Crippen molar-refractivity contribution in [2.75, 3.05) is 13.1 Å². The van der Waals surface area contributed by atoms with E-state index in [0.717, 1.165) is 5.56 Å². The standard InChI is InChI=1S/C12H18N2O/c1-9-4-3-5-11(6-9)12(15)14-8-10(2)7-13/h3-6,10H,7-8,13H2,1-2H3,(H,14,15). The highest BCUT2D eigenvalue weighted by Crippen LogP contribution is 2.03. The molecule has 3 N–H and O–H groups in total. The summed E-state index contributed by atoms with van der Waals surface area (Å²) in [5, 5.41) is 2.86. The van der Waals surface area contributed by atoms with Crippen molar-refractivity contribution >= 4 is 5.91 Å². The maximum Gasteiger partial charge on any atom is 0.251 e. The van der Waals surface area contributed by atoms with Gasteiger partial charge in [-0.3, -0.25) is 4.79 Å². The van der Waals surface area contributed by atoms with Gasteiger partial charge in [-0.25, -0.2) is 0 Å². The molecular weight excluding hydrogens is 188 g/mol. The Bertz CT molecular complexity index is 336. The molecule has 15 heavy (non-hydrogen) atoms. The van der Waals surface area contributed by atoms with Gasteiger partial charge in [-0.05, 0) is 31.5 Å². The summed E-state index contributed by atoms with van der Waals surface area (Å²) in [6, 6.07) is 7.55. The molecule has 3 heteroatoms. The number of hydrogen-bond acceptors (Lipinski definition) is 2. The number of hydrogen-bond donors (Lipinski definition) is 2. The Balaban J connectivity index is 2.54. The van der Waals surface area contributed by atoms with Crippen molar-refractivity contribution < 1.29 is 4.79 Å². The van der Waals surface area contributed by atoms with Crippen LogP contribution in [0.15, 0.2) is 24.3 Å².